The van der Waals surface area contributed by atoms with Gasteiger partial charge in [0, 0.05) is 24.1 Å². The molecule has 1 aliphatic heterocycles. The second-order valence-corrected chi connectivity index (χ2v) is 6.33. The summed E-state index contributed by atoms with van der Waals surface area (Å²) in [7, 11) is 0. The van der Waals surface area contributed by atoms with E-state index in [4.69, 9.17) is 0 Å². The fourth-order valence-electron chi connectivity index (χ4n) is 3.92. The maximum atomic E-state index is 11.4. The molecule has 2 aromatic rings. The van der Waals surface area contributed by atoms with Crippen molar-refractivity contribution in [2.24, 2.45) is 5.92 Å². The first-order chi connectivity index (χ1) is 12.1. The van der Waals surface area contributed by atoms with Gasteiger partial charge < -0.3 is 5.32 Å². The number of non-ortho nitro benzene ring substituents is 1. The monoisotopic (exact) mass is 337 g/mol. The third-order valence-electron chi connectivity index (χ3n) is 5.01. The van der Waals surface area contributed by atoms with E-state index in [2.05, 4.69) is 17.5 Å². The molecule has 0 aromatic heterocycles. The fraction of sp³-hybridized carbons (Fsp3) is 0.222. The van der Waals surface area contributed by atoms with Gasteiger partial charge in [0.1, 0.15) is 5.69 Å². The number of rotatable bonds is 3. The molecule has 0 bridgehead atoms. The van der Waals surface area contributed by atoms with Gasteiger partial charge in [0.2, 0.25) is 0 Å². The molecule has 1 N–H and O–H groups in total. The SMILES string of the molecule is O=[N+]([O-])c1cccc([C@@H]2Nc3c(cccc3[N+](=O)[O-])[C@@H]3C=CC[C@H]32)c1. The molecule has 2 aromatic carbocycles. The van der Waals surface area contributed by atoms with Crippen LogP contribution in [0.2, 0.25) is 0 Å². The summed E-state index contributed by atoms with van der Waals surface area (Å²) in [5.41, 5.74) is 2.25. The minimum absolute atomic E-state index is 0.0233. The van der Waals surface area contributed by atoms with Crippen LogP contribution < -0.4 is 5.32 Å². The van der Waals surface area contributed by atoms with E-state index in [1.165, 1.54) is 12.1 Å². The molecule has 0 fully saturated rings. The molecule has 0 spiro atoms. The summed E-state index contributed by atoms with van der Waals surface area (Å²) in [6.07, 6.45) is 4.99. The van der Waals surface area contributed by atoms with Crippen LogP contribution in [0.25, 0.3) is 0 Å². The lowest BCUT2D eigenvalue weighted by atomic mass is 9.76. The molecule has 0 unspecified atom stereocenters. The molecular formula is C18H15N3O4. The molecular weight excluding hydrogens is 322 g/mol. The van der Waals surface area contributed by atoms with Crippen LogP contribution in [0.4, 0.5) is 17.1 Å². The van der Waals surface area contributed by atoms with E-state index in [0.29, 0.717) is 5.69 Å². The summed E-state index contributed by atoms with van der Waals surface area (Å²) < 4.78 is 0. The van der Waals surface area contributed by atoms with E-state index in [1.54, 1.807) is 18.2 Å². The lowest BCUT2D eigenvalue weighted by Gasteiger charge is -2.37. The van der Waals surface area contributed by atoms with Crippen molar-refractivity contribution < 1.29 is 9.85 Å². The standard InChI is InChI=1S/C18H15N3O4/c22-20(23)12-5-1-4-11(10-12)17-14-7-2-6-13(14)15-8-3-9-16(21(24)25)18(15)19-17/h1-6,8-10,13-14,17,19H,7H2/t13-,14-,17+/m1/s1. The van der Waals surface area contributed by atoms with Crippen molar-refractivity contribution in [2.75, 3.05) is 5.32 Å². The van der Waals surface area contributed by atoms with Crippen molar-refractivity contribution in [3.63, 3.8) is 0 Å². The van der Waals surface area contributed by atoms with Crippen LogP contribution in [-0.4, -0.2) is 9.85 Å². The zero-order chi connectivity index (χ0) is 17.6. The van der Waals surface area contributed by atoms with Crippen LogP contribution in [0.3, 0.4) is 0 Å². The second-order valence-electron chi connectivity index (χ2n) is 6.33. The molecule has 0 saturated carbocycles. The minimum Gasteiger partial charge on any atom is -0.372 e. The minimum atomic E-state index is -0.424. The summed E-state index contributed by atoms with van der Waals surface area (Å²) >= 11 is 0. The van der Waals surface area contributed by atoms with Crippen molar-refractivity contribution in [2.45, 2.75) is 18.4 Å². The number of nitro groups is 2. The number of nitro benzene ring substituents is 2. The van der Waals surface area contributed by atoms with Crippen molar-refractivity contribution in [3.05, 3.63) is 86.0 Å². The molecule has 7 heteroatoms. The predicted octanol–water partition coefficient (Wildman–Crippen LogP) is 4.33. The van der Waals surface area contributed by atoms with Gasteiger partial charge in [-0.25, -0.2) is 0 Å². The Morgan fingerprint density at radius 1 is 1.04 bits per heavy atom. The first-order valence-corrected chi connectivity index (χ1v) is 8.01. The summed E-state index contributed by atoms with van der Waals surface area (Å²) in [6.45, 7) is 0. The van der Waals surface area contributed by atoms with Crippen molar-refractivity contribution in [1.29, 1.82) is 0 Å². The highest BCUT2D eigenvalue weighted by molar-refractivity contribution is 5.71. The summed E-state index contributed by atoms with van der Waals surface area (Å²) in [5.74, 6) is 0.247. The van der Waals surface area contributed by atoms with Crippen molar-refractivity contribution >= 4 is 17.1 Å². The van der Waals surface area contributed by atoms with Crippen LogP contribution >= 0.6 is 0 Å². The maximum absolute atomic E-state index is 11.4. The van der Waals surface area contributed by atoms with Crippen LogP contribution in [0.15, 0.2) is 54.6 Å². The van der Waals surface area contributed by atoms with Gasteiger partial charge >= 0.3 is 0 Å². The molecule has 3 atom stereocenters. The van der Waals surface area contributed by atoms with Crippen LogP contribution in [0.1, 0.15) is 29.5 Å². The Hall–Kier alpha value is -3.22. The molecule has 7 nitrogen and oxygen atoms in total. The van der Waals surface area contributed by atoms with Gasteiger partial charge in [-0.2, -0.15) is 0 Å². The van der Waals surface area contributed by atoms with Gasteiger partial charge in [-0.1, -0.05) is 36.4 Å². The van der Waals surface area contributed by atoms with E-state index < -0.39 is 9.85 Å². The Bertz CT molecular complexity index is 909. The van der Waals surface area contributed by atoms with Crippen molar-refractivity contribution in [1.82, 2.24) is 0 Å². The zero-order valence-corrected chi connectivity index (χ0v) is 13.2. The van der Waals surface area contributed by atoms with Gasteiger partial charge in [-0.05, 0) is 23.5 Å². The van der Waals surface area contributed by atoms with Crippen LogP contribution in [0.5, 0.6) is 0 Å². The zero-order valence-electron chi connectivity index (χ0n) is 13.2. The van der Waals surface area contributed by atoms with E-state index >= 15 is 0 Å². The van der Waals surface area contributed by atoms with Crippen LogP contribution in [0, 0.1) is 26.1 Å². The number of allylic oxidation sites excluding steroid dienone is 2. The number of benzene rings is 2. The third-order valence-corrected chi connectivity index (χ3v) is 5.01. The fourth-order valence-corrected chi connectivity index (χ4v) is 3.92. The molecule has 25 heavy (non-hydrogen) atoms. The van der Waals surface area contributed by atoms with Crippen LogP contribution in [-0.2, 0) is 0 Å². The Morgan fingerprint density at radius 3 is 2.60 bits per heavy atom. The second kappa shape index (κ2) is 5.70. The van der Waals surface area contributed by atoms with Gasteiger partial charge in [-0.3, -0.25) is 20.2 Å². The maximum Gasteiger partial charge on any atom is 0.292 e. The number of fused-ring (bicyclic) bond motifs is 3. The van der Waals surface area contributed by atoms with Crippen molar-refractivity contribution in [3.8, 4) is 0 Å². The lowest BCUT2D eigenvalue weighted by molar-refractivity contribution is -0.384. The average Bonchev–Trinajstić information content (AvgIpc) is 3.10. The molecule has 1 aliphatic carbocycles. The Balaban J connectivity index is 1.83. The molecule has 4 rings (SSSR count). The van der Waals surface area contributed by atoms with E-state index in [-0.39, 0.29) is 29.3 Å². The Morgan fingerprint density at radius 2 is 1.84 bits per heavy atom. The highest BCUT2D eigenvalue weighted by Gasteiger charge is 2.40. The summed E-state index contributed by atoms with van der Waals surface area (Å²) in [6, 6.07) is 11.4. The predicted molar refractivity (Wildman–Crippen MR) is 92.5 cm³/mol. The van der Waals surface area contributed by atoms with Gasteiger partial charge in [0.05, 0.1) is 15.9 Å². The number of anilines is 1. The number of nitrogens with zero attached hydrogens (tertiary/aromatic N) is 2. The number of hydrogen-bond donors (Lipinski definition) is 1. The average molecular weight is 337 g/mol. The highest BCUT2D eigenvalue weighted by atomic mass is 16.6. The van der Waals surface area contributed by atoms with E-state index in [0.717, 1.165) is 17.5 Å². The third kappa shape index (κ3) is 2.44. The molecule has 2 aliphatic rings. The van der Waals surface area contributed by atoms with Gasteiger partial charge in [0.25, 0.3) is 11.4 Å². The smallest absolute Gasteiger partial charge is 0.292 e. The largest absolute Gasteiger partial charge is 0.372 e. The first kappa shape index (κ1) is 15.3. The lowest BCUT2D eigenvalue weighted by Crippen LogP contribution is -2.29. The first-order valence-electron chi connectivity index (χ1n) is 8.01. The normalized spacial score (nSPS) is 23.4. The molecule has 0 saturated heterocycles. The van der Waals surface area contributed by atoms with E-state index in [1.807, 2.05) is 12.1 Å². The number of para-hydroxylation sites is 1. The topological polar surface area (TPSA) is 98.3 Å². The highest BCUT2D eigenvalue weighted by Crippen LogP contribution is 2.52. The quantitative estimate of drug-likeness (QED) is 0.510. The molecule has 1 heterocycles. The number of nitrogens with one attached hydrogen (secondary N) is 1. The van der Waals surface area contributed by atoms with Gasteiger partial charge in [-0.15, -0.1) is 0 Å². The van der Waals surface area contributed by atoms with E-state index in [9.17, 15) is 20.2 Å². The molecule has 0 radical (unpaired) electrons. The summed E-state index contributed by atoms with van der Waals surface area (Å²) in [5, 5.41) is 25.8. The summed E-state index contributed by atoms with van der Waals surface area (Å²) in [4.78, 5) is 21.7. The molecule has 126 valence electrons. The number of hydrogen-bond acceptors (Lipinski definition) is 5. The molecule has 0 amide bonds. The Kier molecular flexibility index (Phi) is 3.49. The van der Waals surface area contributed by atoms with Gasteiger partial charge in [0.15, 0.2) is 0 Å². The Labute approximate surface area is 143 Å².